The summed E-state index contributed by atoms with van der Waals surface area (Å²) in [5.41, 5.74) is 2.42. The molecule has 0 aliphatic carbocycles. The van der Waals surface area contributed by atoms with Gasteiger partial charge in [-0.05, 0) is 25.7 Å². The van der Waals surface area contributed by atoms with Gasteiger partial charge in [-0.1, -0.05) is 0 Å². The summed E-state index contributed by atoms with van der Waals surface area (Å²) in [7, 11) is 0. The van der Waals surface area contributed by atoms with Gasteiger partial charge in [0.2, 0.25) is 11.9 Å². The number of rotatable bonds is 5. The van der Waals surface area contributed by atoms with Crippen molar-refractivity contribution >= 4 is 11.9 Å². The molecule has 0 bridgehead atoms. The zero-order valence-electron chi connectivity index (χ0n) is 11.0. The molecule has 0 amide bonds. The summed E-state index contributed by atoms with van der Waals surface area (Å²) < 4.78 is 5.30. The van der Waals surface area contributed by atoms with Crippen LogP contribution in [0.4, 0.5) is 11.9 Å². The first-order valence-electron chi connectivity index (χ1n) is 6.48. The lowest BCUT2D eigenvalue weighted by Gasteiger charge is -2.31. The van der Waals surface area contributed by atoms with Gasteiger partial charge in [-0.15, -0.1) is 0 Å². The fourth-order valence-electron chi connectivity index (χ4n) is 2.06. The Balaban J connectivity index is 2.12. The van der Waals surface area contributed by atoms with Crippen molar-refractivity contribution in [3.63, 3.8) is 0 Å². The minimum absolute atomic E-state index is 0.241. The molecule has 1 fully saturated rings. The lowest BCUT2D eigenvalue weighted by atomic mass is 9.98. The maximum Gasteiger partial charge on any atom is 0.323 e. The molecule has 0 spiro atoms. The van der Waals surface area contributed by atoms with Crippen LogP contribution in [0.5, 0.6) is 6.01 Å². The van der Waals surface area contributed by atoms with Gasteiger partial charge < -0.3 is 14.7 Å². The summed E-state index contributed by atoms with van der Waals surface area (Å²) in [6.45, 7) is 4.21. The standard InChI is InChI=1S/C11H20N6O2/c1-2-19-11-14-9(16-12)13-10(15-11)17-5-3-8(7-18)4-6-17/h8,18H,2-7,12H2,1H3,(H,13,14,15,16). The molecular weight excluding hydrogens is 248 g/mol. The molecule has 1 saturated heterocycles. The summed E-state index contributed by atoms with van der Waals surface area (Å²) >= 11 is 0. The smallest absolute Gasteiger partial charge is 0.323 e. The zero-order valence-corrected chi connectivity index (χ0v) is 11.0. The molecule has 1 aromatic heterocycles. The molecule has 2 rings (SSSR count). The van der Waals surface area contributed by atoms with Crippen LogP contribution in [0, 0.1) is 5.92 Å². The van der Waals surface area contributed by atoms with Crippen molar-refractivity contribution in [1.82, 2.24) is 15.0 Å². The second kappa shape index (κ2) is 6.48. The van der Waals surface area contributed by atoms with Crippen molar-refractivity contribution in [2.45, 2.75) is 19.8 Å². The number of hydrazine groups is 1. The molecule has 1 aliphatic heterocycles. The summed E-state index contributed by atoms with van der Waals surface area (Å²) in [6, 6.07) is 0.268. The van der Waals surface area contributed by atoms with Gasteiger partial charge in [-0.2, -0.15) is 15.0 Å². The molecule has 0 unspecified atom stereocenters. The number of nitrogens with two attached hydrogens (primary N) is 1. The van der Waals surface area contributed by atoms with Crippen LogP contribution in [0.15, 0.2) is 0 Å². The Morgan fingerprint density at radius 1 is 1.37 bits per heavy atom. The first-order valence-corrected chi connectivity index (χ1v) is 6.48. The first kappa shape index (κ1) is 13.8. The number of nitrogen functional groups attached to an aromatic ring is 1. The molecule has 0 aromatic carbocycles. The molecule has 0 radical (unpaired) electrons. The van der Waals surface area contributed by atoms with Gasteiger partial charge in [0.25, 0.3) is 0 Å². The highest BCUT2D eigenvalue weighted by Crippen LogP contribution is 2.22. The summed E-state index contributed by atoms with van der Waals surface area (Å²) in [6.07, 6.45) is 1.86. The predicted molar refractivity (Wildman–Crippen MR) is 70.8 cm³/mol. The van der Waals surface area contributed by atoms with Gasteiger partial charge in [0.05, 0.1) is 6.61 Å². The number of aliphatic hydroxyl groups excluding tert-OH is 1. The number of nitrogens with zero attached hydrogens (tertiary/aromatic N) is 4. The Bertz CT molecular complexity index is 408. The van der Waals surface area contributed by atoms with Gasteiger partial charge in [0.1, 0.15) is 0 Å². The van der Waals surface area contributed by atoms with E-state index in [0.717, 1.165) is 25.9 Å². The molecule has 19 heavy (non-hydrogen) atoms. The number of aromatic nitrogens is 3. The van der Waals surface area contributed by atoms with Gasteiger partial charge in [0, 0.05) is 19.7 Å². The van der Waals surface area contributed by atoms with E-state index in [2.05, 4.69) is 25.3 Å². The second-order valence-corrected chi connectivity index (χ2v) is 4.43. The molecule has 0 saturated carbocycles. The molecule has 4 N–H and O–H groups in total. The number of hydrogen-bond acceptors (Lipinski definition) is 8. The fourth-order valence-corrected chi connectivity index (χ4v) is 2.06. The maximum atomic E-state index is 9.14. The van der Waals surface area contributed by atoms with E-state index in [9.17, 15) is 0 Å². The molecule has 8 nitrogen and oxygen atoms in total. The van der Waals surface area contributed by atoms with Gasteiger partial charge in [0.15, 0.2) is 0 Å². The average Bonchev–Trinajstić information content (AvgIpc) is 2.47. The highest BCUT2D eigenvalue weighted by molar-refractivity contribution is 5.38. The normalized spacial score (nSPS) is 16.5. The van der Waals surface area contributed by atoms with Crippen LogP contribution >= 0.6 is 0 Å². The van der Waals surface area contributed by atoms with Crippen LogP contribution < -0.4 is 20.9 Å². The number of anilines is 2. The topological polar surface area (TPSA) is 109 Å². The van der Waals surface area contributed by atoms with E-state index in [-0.39, 0.29) is 18.6 Å². The van der Waals surface area contributed by atoms with Crippen LogP contribution in [0.3, 0.4) is 0 Å². The van der Waals surface area contributed by atoms with Crippen molar-refractivity contribution in [1.29, 1.82) is 0 Å². The quantitative estimate of drug-likeness (QED) is 0.496. The summed E-state index contributed by atoms with van der Waals surface area (Å²) in [4.78, 5) is 14.6. The summed E-state index contributed by atoms with van der Waals surface area (Å²) in [5.74, 6) is 6.57. The highest BCUT2D eigenvalue weighted by Gasteiger charge is 2.21. The monoisotopic (exact) mass is 268 g/mol. The Kier molecular flexibility index (Phi) is 4.69. The van der Waals surface area contributed by atoms with Crippen LogP contribution in [-0.2, 0) is 0 Å². The molecule has 2 heterocycles. The maximum absolute atomic E-state index is 9.14. The third-order valence-corrected chi connectivity index (χ3v) is 3.16. The number of nitrogens with one attached hydrogen (secondary N) is 1. The van der Waals surface area contributed by atoms with E-state index in [4.69, 9.17) is 15.7 Å². The number of aliphatic hydroxyl groups is 1. The van der Waals surface area contributed by atoms with E-state index in [1.54, 1.807) is 0 Å². The minimum Gasteiger partial charge on any atom is -0.464 e. The Morgan fingerprint density at radius 3 is 2.68 bits per heavy atom. The van der Waals surface area contributed by atoms with Crippen molar-refractivity contribution in [2.75, 3.05) is 36.6 Å². The molecule has 0 atom stereocenters. The Hall–Kier alpha value is -1.67. The van der Waals surface area contributed by atoms with Crippen LogP contribution in [0.2, 0.25) is 0 Å². The van der Waals surface area contributed by atoms with E-state index < -0.39 is 0 Å². The van der Waals surface area contributed by atoms with Crippen molar-refractivity contribution in [3.8, 4) is 6.01 Å². The average molecular weight is 268 g/mol. The lowest BCUT2D eigenvalue weighted by molar-refractivity contribution is 0.202. The van der Waals surface area contributed by atoms with Crippen LogP contribution in [-0.4, -0.2) is 46.4 Å². The Labute approximate surface area is 112 Å². The largest absolute Gasteiger partial charge is 0.464 e. The first-order chi connectivity index (χ1) is 9.26. The number of hydrogen-bond donors (Lipinski definition) is 3. The van der Waals surface area contributed by atoms with Crippen LogP contribution in [0.1, 0.15) is 19.8 Å². The van der Waals surface area contributed by atoms with Crippen molar-refractivity contribution in [2.24, 2.45) is 11.8 Å². The van der Waals surface area contributed by atoms with E-state index >= 15 is 0 Å². The minimum atomic E-state index is 0.241. The molecule has 1 aromatic rings. The summed E-state index contributed by atoms with van der Waals surface area (Å²) in [5, 5.41) is 9.14. The fraction of sp³-hybridized carbons (Fsp3) is 0.727. The van der Waals surface area contributed by atoms with Gasteiger partial charge >= 0.3 is 6.01 Å². The van der Waals surface area contributed by atoms with Crippen molar-refractivity contribution < 1.29 is 9.84 Å². The van der Waals surface area contributed by atoms with E-state index in [0.29, 0.717) is 18.5 Å². The number of ether oxygens (including phenoxy) is 1. The molecule has 8 heteroatoms. The molecule has 106 valence electrons. The van der Waals surface area contributed by atoms with Crippen LogP contribution in [0.25, 0.3) is 0 Å². The SMILES string of the molecule is CCOc1nc(NN)nc(N2CCC(CO)CC2)n1. The molecule has 1 aliphatic rings. The zero-order chi connectivity index (χ0) is 13.7. The van der Waals surface area contributed by atoms with Gasteiger partial charge in [-0.25, -0.2) is 5.84 Å². The van der Waals surface area contributed by atoms with E-state index in [1.807, 2.05) is 6.92 Å². The second-order valence-electron chi connectivity index (χ2n) is 4.43. The Morgan fingerprint density at radius 2 is 2.11 bits per heavy atom. The highest BCUT2D eigenvalue weighted by atomic mass is 16.5. The third kappa shape index (κ3) is 3.42. The number of piperidine rings is 1. The predicted octanol–water partition coefficient (Wildman–Crippen LogP) is -0.235. The third-order valence-electron chi connectivity index (χ3n) is 3.16. The molecular formula is C11H20N6O2. The van der Waals surface area contributed by atoms with E-state index in [1.165, 1.54) is 0 Å². The van der Waals surface area contributed by atoms with Crippen molar-refractivity contribution in [3.05, 3.63) is 0 Å². The van der Waals surface area contributed by atoms with Gasteiger partial charge in [-0.3, -0.25) is 5.43 Å². The lowest BCUT2D eigenvalue weighted by Crippen LogP contribution is -2.36.